The number of halogens is 1. The first kappa shape index (κ1) is 15.8. The van der Waals surface area contributed by atoms with Crippen molar-refractivity contribution in [2.75, 3.05) is 5.32 Å². The van der Waals surface area contributed by atoms with Crippen LogP contribution >= 0.6 is 0 Å². The normalized spacial score (nSPS) is 10.6. The van der Waals surface area contributed by atoms with Crippen LogP contribution in [0, 0.1) is 19.7 Å². The Bertz CT molecular complexity index is 873. The van der Waals surface area contributed by atoms with E-state index in [4.69, 9.17) is 0 Å². The summed E-state index contributed by atoms with van der Waals surface area (Å²) in [5.41, 5.74) is 3.52. The van der Waals surface area contributed by atoms with Gasteiger partial charge in [-0.05, 0) is 60.5 Å². The minimum atomic E-state index is -0.334. The van der Waals surface area contributed by atoms with E-state index in [1.54, 1.807) is 12.1 Å². The summed E-state index contributed by atoms with van der Waals surface area (Å²) in [6.07, 6.45) is 0. The first-order chi connectivity index (χ1) is 11.5. The lowest BCUT2D eigenvalue weighted by molar-refractivity contribution is -0.117. The number of hydrogen-bond acceptors (Lipinski definition) is 4. The number of aryl methyl sites for hydroxylation is 1. The summed E-state index contributed by atoms with van der Waals surface area (Å²) in [6, 6.07) is 11.5. The number of tetrazole rings is 1. The van der Waals surface area contributed by atoms with Gasteiger partial charge in [0.05, 0.1) is 0 Å². The first-order valence-electron chi connectivity index (χ1n) is 7.43. The molecule has 0 saturated carbocycles. The quantitative estimate of drug-likeness (QED) is 0.800. The highest BCUT2D eigenvalue weighted by Gasteiger charge is 2.11. The molecular weight excluding hydrogens is 309 g/mol. The van der Waals surface area contributed by atoms with Gasteiger partial charge in [0.15, 0.2) is 0 Å². The van der Waals surface area contributed by atoms with E-state index >= 15 is 0 Å². The molecule has 24 heavy (non-hydrogen) atoms. The van der Waals surface area contributed by atoms with Crippen molar-refractivity contribution < 1.29 is 9.18 Å². The highest BCUT2D eigenvalue weighted by Crippen LogP contribution is 2.18. The van der Waals surface area contributed by atoms with Crippen molar-refractivity contribution in [3.8, 4) is 11.4 Å². The maximum Gasteiger partial charge on any atom is 0.248 e. The third-order valence-electron chi connectivity index (χ3n) is 3.72. The Morgan fingerprint density at radius 1 is 1.17 bits per heavy atom. The second kappa shape index (κ2) is 6.57. The molecule has 0 radical (unpaired) electrons. The number of amides is 1. The Labute approximate surface area is 138 Å². The Kier molecular flexibility index (Phi) is 4.33. The minimum absolute atomic E-state index is 0.0540. The zero-order valence-corrected chi connectivity index (χ0v) is 13.3. The number of nitrogens with one attached hydrogen (secondary N) is 1. The van der Waals surface area contributed by atoms with Crippen molar-refractivity contribution in [2.45, 2.75) is 20.4 Å². The fourth-order valence-corrected chi connectivity index (χ4v) is 2.23. The Balaban J connectivity index is 1.69. The van der Waals surface area contributed by atoms with Crippen LogP contribution in [0.4, 0.5) is 10.1 Å². The van der Waals surface area contributed by atoms with Gasteiger partial charge < -0.3 is 5.32 Å². The maximum absolute atomic E-state index is 12.9. The van der Waals surface area contributed by atoms with Crippen LogP contribution < -0.4 is 5.32 Å². The van der Waals surface area contributed by atoms with Crippen molar-refractivity contribution >= 4 is 11.6 Å². The standard InChI is InChI=1S/C17H16FN5O/c1-11-4-3-5-15(12(11)2)19-16(24)10-23-21-17(20-22-23)13-6-8-14(18)9-7-13/h3-9H,10H2,1-2H3,(H,19,24). The summed E-state index contributed by atoms with van der Waals surface area (Å²) >= 11 is 0. The number of benzene rings is 2. The molecule has 7 heteroatoms. The van der Waals surface area contributed by atoms with Crippen molar-refractivity contribution in [3.05, 3.63) is 59.4 Å². The molecule has 0 bridgehead atoms. The predicted molar refractivity (Wildman–Crippen MR) is 87.8 cm³/mol. The Morgan fingerprint density at radius 2 is 1.92 bits per heavy atom. The molecule has 1 N–H and O–H groups in total. The molecule has 1 aromatic heterocycles. The van der Waals surface area contributed by atoms with Crippen LogP contribution in [0.5, 0.6) is 0 Å². The second-order valence-corrected chi connectivity index (χ2v) is 5.45. The van der Waals surface area contributed by atoms with E-state index in [0.29, 0.717) is 11.4 Å². The van der Waals surface area contributed by atoms with E-state index in [1.165, 1.54) is 16.9 Å². The molecule has 6 nitrogen and oxygen atoms in total. The molecule has 3 rings (SSSR count). The average molecular weight is 325 g/mol. The molecule has 0 unspecified atom stereocenters. The lowest BCUT2D eigenvalue weighted by Gasteiger charge is -2.09. The van der Waals surface area contributed by atoms with Crippen molar-refractivity contribution in [1.82, 2.24) is 20.2 Å². The van der Waals surface area contributed by atoms with Gasteiger partial charge in [0, 0.05) is 11.3 Å². The van der Waals surface area contributed by atoms with E-state index in [9.17, 15) is 9.18 Å². The summed E-state index contributed by atoms with van der Waals surface area (Å²) in [7, 11) is 0. The number of hydrogen-bond donors (Lipinski definition) is 1. The Morgan fingerprint density at radius 3 is 2.67 bits per heavy atom. The van der Waals surface area contributed by atoms with Crippen LogP contribution in [-0.4, -0.2) is 26.1 Å². The molecule has 0 aliphatic heterocycles. The van der Waals surface area contributed by atoms with Crippen LogP contribution in [0.15, 0.2) is 42.5 Å². The highest BCUT2D eigenvalue weighted by molar-refractivity contribution is 5.91. The van der Waals surface area contributed by atoms with Gasteiger partial charge in [0.25, 0.3) is 0 Å². The fourth-order valence-electron chi connectivity index (χ4n) is 2.23. The number of nitrogens with zero attached hydrogens (tertiary/aromatic N) is 4. The van der Waals surface area contributed by atoms with E-state index in [1.807, 2.05) is 32.0 Å². The summed E-state index contributed by atoms with van der Waals surface area (Å²) in [4.78, 5) is 13.4. The van der Waals surface area contributed by atoms with Crippen LogP contribution in [0.1, 0.15) is 11.1 Å². The highest BCUT2D eigenvalue weighted by atomic mass is 19.1. The fraction of sp³-hybridized carbons (Fsp3) is 0.176. The molecule has 0 fully saturated rings. The van der Waals surface area contributed by atoms with E-state index < -0.39 is 0 Å². The molecule has 2 aromatic carbocycles. The number of aromatic nitrogens is 4. The van der Waals surface area contributed by atoms with Gasteiger partial charge in [-0.15, -0.1) is 10.2 Å². The van der Waals surface area contributed by atoms with Crippen LogP contribution in [0.25, 0.3) is 11.4 Å². The van der Waals surface area contributed by atoms with Gasteiger partial charge in [0.2, 0.25) is 11.7 Å². The minimum Gasteiger partial charge on any atom is -0.324 e. The maximum atomic E-state index is 12.9. The largest absolute Gasteiger partial charge is 0.324 e. The van der Waals surface area contributed by atoms with Crippen molar-refractivity contribution in [1.29, 1.82) is 0 Å². The van der Waals surface area contributed by atoms with Gasteiger partial charge in [-0.3, -0.25) is 4.79 Å². The third kappa shape index (κ3) is 3.45. The summed E-state index contributed by atoms with van der Waals surface area (Å²) in [6.45, 7) is 3.88. The lowest BCUT2D eigenvalue weighted by Crippen LogP contribution is -2.21. The van der Waals surface area contributed by atoms with Crippen LogP contribution in [0.2, 0.25) is 0 Å². The van der Waals surface area contributed by atoms with E-state index in [0.717, 1.165) is 16.8 Å². The summed E-state index contributed by atoms with van der Waals surface area (Å²) in [5.74, 6) is -0.236. The second-order valence-electron chi connectivity index (χ2n) is 5.45. The van der Waals surface area contributed by atoms with Gasteiger partial charge in [-0.25, -0.2) is 4.39 Å². The number of rotatable bonds is 4. The number of anilines is 1. The van der Waals surface area contributed by atoms with Crippen LogP contribution in [-0.2, 0) is 11.3 Å². The average Bonchev–Trinajstić information content (AvgIpc) is 3.01. The monoisotopic (exact) mass is 325 g/mol. The third-order valence-corrected chi connectivity index (χ3v) is 3.72. The van der Waals surface area contributed by atoms with Crippen LogP contribution in [0.3, 0.4) is 0 Å². The lowest BCUT2D eigenvalue weighted by atomic mass is 10.1. The van der Waals surface area contributed by atoms with Gasteiger partial charge in [-0.2, -0.15) is 4.80 Å². The molecule has 0 aliphatic carbocycles. The van der Waals surface area contributed by atoms with Crippen molar-refractivity contribution in [3.63, 3.8) is 0 Å². The number of carbonyl (C=O) groups excluding carboxylic acids is 1. The summed E-state index contributed by atoms with van der Waals surface area (Å²) in [5, 5.41) is 14.7. The number of carbonyl (C=O) groups is 1. The topological polar surface area (TPSA) is 72.7 Å². The molecule has 0 aliphatic rings. The summed E-state index contributed by atoms with van der Waals surface area (Å²) < 4.78 is 12.9. The van der Waals surface area contributed by atoms with E-state index in [2.05, 4.69) is 20.7 Å². The first-order valence-corrected chi connectivity index (χ1v) is 7.43. The Hall–Kier alpha value is -3.09. The van der Waals surface area contributed by atoms with E-state index in [-0.39, 0.29) is 18.3 Å². The van der Waals surface area contributed by atoms with Crippen molar-refractivity contribution in [2.24, 2.45) is 0 Å². The smallest absolute Gasteiger partial charge is 0.248 e. The zero-order chi connectivity index (χ0) is 17.1. The van der Waals surface area contributed by atoms with Gasteiger partial charge in [0.1, 0.15) is 12.4 Å². The predicted octanol–water partition coefficient (Wildman–Crippen LogP) is 2.73. The van der Waals surface area contributed by atoms with Gasteiger partial charge >= 0.3 is 0 Å². The molecule has 0 saturated heterocycles. The molecule has 3 aromatic rings. The molecule has 0 spiro atoms. The molecular formula is C17H16FN5O. The van der Waals surface area contributed by atoms with Gasteiger partial charge in [-0.1, -0.05) is 12.1 Å². The molecule has 122 valence electrons. The SMILES string of the molecule is Cc1cccc(NC(=O)Cn2nnc(-c3ccc(F)cc3)n2)c1C. The molecule has 1 heterocycles. The molecule has 0 atom stereocenters. The molecule has 1 amide bonds. The zero-order valence-electron chi connectivity index (χ0n) is 13.3.